The Labute approximate surface area is 211 Å². The molecule has 3 aliphatic rings. The van der Waals surface area contributed by atoms with Crippen LogP contribution in [-0.4, -0.2) is 65.4 Å². The van der Waals surface area contributed by atoms with Gasteiger partial charge < -0.3 is 14.7 Å². The maximum Gasteiger partial charge on any atom is 0.417 e. The van der Waals surface area contributed by atoms with Crippen LogP contribution in [0, 0.1) is 30.1 Å². The third-order valence-electron chi connectivity index (χ3n) is 8.20. The largest absolute Gasteiger partial charge is 0.457 e. The fourth-order valence-corrected chi connectivity index (χ4v) is 6.05. The third-order valence-corrected chi connectivity index (χ3v) is 8.20. The Hall–Kier alpha value is -2.13. The van der Waals surface area contributed by atoms with Gasteiger partial charge in [-0.05, 0) is 55.2 Å². The minimum Gasteiger partial charge on any atom is -0.457 e. The second-order valence-electron chi connectivity index (χ2n) is 10.7. The molecule has 0 bridgehead atoms. The van der Waals surface area contributed by atoms with Crippen molar-refractivity contribution in [1.29, 1.82) is 0 Å². The highest BCUT2D eigenvalue weighted by Crippen LogP contribution is 2.51. The summed E-state index contributed by atoms with van der Waals surface area (Å²) in [6.07, 6.45) is 3.11. The summed E-state index contributed by atoms with van der Waals surface area (Å²) in [5, 5.41) is 11.7. The first kappa shape index (κ1) is 26.9. The molecule has 1 aromatic rings. The van der Waals surface area contributed by atoms with E-state index in [0.29, 0.717) is 24.8 Å². The van der Waals surface area contributed by atoms with Gasteiger partial charge in [-0.2, -0.15) is 13.2 Å². The molecule has 198 valence electrons. The lowest BCUT2D eigenvalue weighted by Gasteiger charge is -2.53. The average Bonchev–Trinajstić information content (AvgIpc) is 2.81. The van der Waals surface area contributed by atoms with Crippen LogP contribution in [0.4, 0.5) is 19.0 Å². The zero-order chi connectivity index (χ0) is 26.3. The normalized spacial score (nSPS) is 32.4. The van der Waals surface area contributed by atoms with Gasteiger partial charge in [-0.25, -0.2) is 4.98 Å². The standard InChI is InChI=1S/C27H36F3N3O3/c1-17-13-23-22(7-5-19(3)26(23,35)14-24(17)36-20(4)34)18(2)16-32-9-11-33(12-10-32)25-8-6-21(15-31-25)27(28,29)30/h6,8,13,15,18-19,22-24,35H,5,7,9-12,16H2,1-4H3/t18-,19-,22+,23-,24-,26-/m1/s1. The van der Waals surface area contributed by atoms with Gasteiger partial charge in [-0.3, -0.25) is 9.69 Å². The van der Waals surface area contributed by atoms with Crippen LogP contribution in [0.15, 0.2) is 30.0 Å². The summed E-state index contributed by atoms with van der Waals surface area (Å²) in [6, 6.07) is 2.53. The summed E-state index contributed by atoms with van der Waals surface area (Å²) >= 11 is 0. The zero-order valence-electron chi connectivity index (χ0n) is 21.4. The highest BCUT2D eigenvalue weighted by molar-refractivity contribution is 5.66. The smallest absolute Gasteiger partial charge is 0.417 e. The van der Waals surface area contributed by atoms with Crippen LogP contribution in [0.25, 0.3) is 0 Å². The number of hydrogen-bond donors (Lipinski definition) is 1. The Morgan fingerprint density at radius 3 is 2.56 bits per heavy atom. The summed E-state index contributed by atoms with van der Waals surface area (Å²) in [7, 11) is 0. The fourth-order valence-electron chi connectivity index (χ4n) is 6.05. The summed E-state index contributed by atoms with van der Waals surface area (Å²) in [6.45, 7) is 11.4. The number of alkyl halides is 3. The number of pyridine rings is 1. The van der Waals surface area contributed by atoms with Crippen molar-refractivity contribution in [2.75, 3.05) is 37.6 Å². The van der Waals surface area contributed by atoms with Crippen LogP contribution in [0.1, 0.15) is 46.1 Å². The molecule has 1 aliphatic heterocycles. The van der Waals surface area contributed by atoms with Gasteiger partial charge in [0.1, 0.15) is 11.9 Å². The SMILES string of the molecule is CC(=O)O[C@@H]1[C][C@@]2(O)[C@H](C)CC[C@@H]([C@H](C)CN3CCN(c4ccc(C(F)(F)F)cn4)CC3)[C@H]2C=C1C. The predicted molar refractivity (Wildman–Crippen MR) is 130 cm³/mol. The Morgan fingerprint density at radius 2 is 1.97 bits per heavy atom. The molecule has 6 atom stereocenters. The number of carbonyl (C=O) groups excluding carboxylic acids is 1. The number of ether oxygens (including phenoxy) is 1. The molecule has 6 nitrogen and oxygen atoms in total. The van der Waals surface area contributed by atoms with Crippen LogP contribution in [0.5, 0.6) is 0 Å². The molecule has 0 amide bonds. The van der Waals surface area contributed by atoms with Crippen molar-refractivity contribution < 1.29 is 27.8 Å². The molecule has 2 heterocycles. The Bertz CT molecular complexity index is 959. The molecule has 9 heteroatoms. The predicted octanol–water partition coefficient (Wildman–Crippen LogP) is 4.22. The fraction of sp³-hybridized carbons (Fsp3) is 0.667. The van der Waals surface area contributed by atoms with Crippen molar-refractivity contribution >= 4 is 11.8 Å². The monoisotopic (exact) mass is 507 g/mol. The zero-order valence-corrected chi connectivity index (χ0v) is 21.4. The van der Waals surface area contributed by atoms with Gasteiger partial charge in [0.2, 0.25) is 0 Å². The van der Waals surface area contributed by atoms with Gasteiger partial charge in [0.25, 0.3) is 0 Å². The Morgan fingerprint density at radius 1 is 1.28 bits per heavy atom. The van der Waals surface area contributed by atoms with Gasteiger partial charge in [0.05, 0.1) is 17.6 Å². The number of piperazine rings is 1. The molecule has 36 heavy (non-hydrogen) atoms. The summed E-state index contributed by atoms with van der Waals surface area (Å²) < 4.78 is 43.9. The van der Waals surface area contributed by atoms with E-state index in [4.69, 9.17) is 4.74 Å². The number of hydrogen-bond acceptors (Lipinski definition) is 6. The van der Waals surface area contributed by atoms with E-state index in [1.54, 1.807) is 0 Å². The number of esters is 1. The molecular weight excluding hydrogens is 471 g/mol. The van der Waals surface area contributed by atoms with Crippen molar-refractivity contribution in [3.63, 3.8) is 0 Å². The van der Waals surface area contributed by atoms with Crippen molar-refractivity contribution in [3.8, 4) is 0 Å². The van der Waals surface area contributed by atoms with Crippen molar-refractivity contribution in [2.45, 2.75) is 58.4 Å². The van der Waals surface area contributed by atoms with Gasteiger partial charge in [0.15, 0.2) is 0 Å². The van der Waals surface area contributed by atoms with E-state index < -0.39 is 23.4 Å². The number of fused-ring (bicyclic) bond motifs is 1. The lowest BCUT2D eigenvalue weighted by molar-refractivity contribution is -0.148. The van der Waals surface area contributed by atoms with Gasteiger partial charge >= 0.3 is 12.1 Å². The first-order valence-corrected chi connectivity index (χ1v) is 12.7. The summed E-state index contributed by atoms with van der Waals surface area (Å²) in [5.74, 6) is 0.704. The number of nitrogens with zero attached hydrogens (tertiary/aromatic N) is 3. The van der Waals surface area contributed by atoms with E-state index in [1.165, 1.54) is 13.0 Å². The van der Waals surface area contributed by atoms with Gasteiger partial charge in [0, 0.05) is 51.8 Å². The third kappa shape index (κ3) is 5.57. The van der Waals surface area contributed by atoms with E-state index in [2.05, 4.69) is 29.3 Å². The maximum absolute atomic E-state index is 12.8. The van der Waals surface area contributed by atoms with E-state index in [1.807, 2.05) is 18.7 Å². The van der Waals surface area contributed by atoms with Crippen molar-refractivity contribution in [1.82, 2.24) is 9.88 Å². The second kappa shape index (κ2) is 10.3. The van der Waals surface area contributed by atoms with Crippen LogP contribution < -0.4 is 4.90 Å². The molecule has 1 aromatic heterocycles. The quantitative estimate of drug-likeness (QED) is 0.476. The average molecular weight is 508 g/mol. The lowest BCUT2D eigenvalue weighted by atomic mass is 9.57. The first-order chi connectivity index (χ1) is 16.9. The maximum atomic E-state index is 12.8. The van der Waals surface area contributed by atoms with Crippen molar-refractivity contribution in [2.24, 2.45) is 23.7 Å². The van der Waals surface area contributed by atoms with Crippen molar-refractivity contribution in [3.05, 3.63) is 42.0 Å². The molecule has 0 unspecified atom stereocenters. The van der Waals surface area contributed by atoms with Gasteiger partial charge in [-0.1, -0.05) is 19.9 Å². The number of aliphatic hydroxyl groups is 1. The topological polar surface area (TPSA) is 65.9 Å². The van der Waals surface area contributed by atoms with Crippen LogP contribution in [0.3, 0.4) is 0 Å². The summed E-state index contributed by atoms with van der Waals surface area (Å²) in [5.41, 5.74) is -0.964. The summed E-state index contributed by atoms with van der Waals surface area (Å²) in [4.78, 5) is 20.0. The lowest BCUT2D eigenvalue weighted by Crippen LogP contribution is -2.57. The molecule has 0 aromatic carbocycles. The van der Waals surface area contributed by atoms with Crippen LogP contribution >= 0.6 is 0 Å². The Balaban J connectivity index is 1.37. The molecular formula is C27H36F3N3O3. The van der Waals surface area contributed by atoms with Crippen LogP contribution in [-0.2, 0) is 15.7 Å². The molecule has 1 saturated heterocycles. The number of carbonyl (C=O) groups is 1. The van der Waals surface area contributed by atoms with E-state index in [0.717, 1.165) is 50.3 Å². The molecule has 1 saturated carbocycles. The van der Waals surface area contributed by atoms with E-state index >= 15 is 0 Å². The highest BCUT2D eigenvalue weighted by atomic mass is 19.4. The number of anilines is 1. The second-order valence-corrected chi connectivity index (χ2v) is 10.7. The molecule has 2 fully saturated rings. The Kier molecular flexibility index (Phi) is 7.72. The van der Waals surface area contributed by atoms with E-state index in [9.17, 15) is 23.1 Å². The number of rotatable bonds is 5. The first-order valence-electron chi connectivity index (χ1n) is 12.7. The molecule has 2 radical (unpaired) electrons. The van der Waals surface area contributed by atoms with E-state index in [-0.39, 0.29) is 23.7 Å². The molecule has 0 spiro atoms. The molecule has 2 aliphatic carbocycles. The molecule has 1 N–H and O–H groups in total. The molecule has 4 rings (SSSR count). The highest BCUT2D eigenvalue weighted by Gasteiger charge is 2.53. The number of halogens is 3. The van der Waals surface area contributed by atoms with Gasteiger partial charge in [-0.15, -0.1) is 0 Å². The minimum atomic E-state index is -4.38. The minimum absolute atomic E-state index is 0.0214. The number of aromatic nitrogens is 1. The van der Waals surface area contributed by atoms with Crippen LogP contribution in [0.2, 0.25) is 0 Å².